The van der Waals surface area contributed by atoms with Crippen LogP contribution in [0.25, 0.3) is 0 Å². The van der Waals surface area contributed by atoms with E-state index in [0.29, 0.717) is 17.5 Å². The van der Waals surface area contributed by atoms with E-state index in [1.165, 1.54) is 32.1 Å². The van der Waals surface area contributed by atoms with Crippen LogP contribution in [-0.2, 0) is 0 Å². The third-order valence-corrected chi connectivity index (χ3v) is 5.36. The van der Waals surface area contributed by atoms with Crippen LogP contribution in [0.3, 0.4) is 0 Å². The summed E-state index contributed by atoms with van der Waals surface area (Å²) in [5.74, 6) is -0.270. The molecule has 2 aromatic carbocycles. The molecule has 0 aromatic heterocycles. The number of esters is 1. The summed E-state index contributed by atoms with van der Waals surface area (Å²) in [6.07, 6.45) is 9.65. The van der Waals surface area contributed by atoms with E-state index >= 15 is 0 Å². The van der Waals surface area contributed by atoms with Gasteiger partial charge in [-0.15, -0.1) is 0 Å². The van der Waals surface area contributed by atoms with Crippen molar-refractivity contribution in [3.05, 3.63) is 65.2 Å². The van der Waals surface area contributed by atoms with E-state index in [-0.39, 0.29) is 17.2 Å². The summed E-state index contributed by atoms with van der Waals surface area (Å²) in [4.78, 5) is 12.5. The van der Waals surface area contributed by atoms with Crippen molar-refractivity contribution < 1.29 is 19.9 Å². The summed E-state index contributed by atoms with van der Waals surface area (Å²) < 4.78 is 5.59. The molecule has 6 heteroatoms. The van der Waals surface area contributed by atoms with Crippen LogP contribution in [0.4, 0.5) is 0 Å². The van der Waals surface area contributed by atoms with Gasteiger partial charge in [-0.25, -0.2) is 4.79 Å². The van der Waals surface area contributed by atoms with Gasteiger partial charge in [-0.2, -0.15) is 0 Å². The lowest BCUT2D eigenvalue weighted by atomic mass is 9.98. The van der Waals surface area contributed by atoms with Gasteiger partial charge in [0.2, 0.25) is 0 Å². The van der Waals surface area contributed by atoms with Gasteiger partial charge in [0.1, 0.15) is 17.2 Å². The molecule has 2 rings (SSSR count). The Morgan fingerprint density at radius 2 is 1.53 bits per heavy atom. The number of carbonyl (C=O) groups excluding carboxylic acids is 1. The van der Waals surface area contributed by atoms with Gasteiger partial charge in [0.05, 0.1) is 5.56 Å². The van der Waals surface area contributed by atoms with Crippen molar-refractivity contribution in [1.82, 2.24) is 0 Å². The van der Waals surface area contributed by atoms with Crippen LogP contribution >= 0.6 is 0 Å². The second-order valence-corrected chi connectivity index (χ2v) is 7.98. The maximum absolute atomic E-state index is 12.5. The van der Waals surface area contributed by atoms with Gasteiger partial charge in [0, 0.05) is 5.56 Å². The summed E-state index contributed by atoms with van der Waals surface area (Å²) in [6.45, 7) is 4.09. The highest BCUT2D eigenvalue weighted by molar-refractivity contribution is 6.48. The van der Waals surface area contributed by atoms with E-state index in [9.17, 15) is 15.2 Å². The summed E-state index contributed by atoms with van der Waals surface area (Å²) in [7, 11) is 0. The van der Waals surface area contributed by atoms with E-state index in [1.807, 2.05) is 13.0 Å². The van der Waals surface area contributed by atoms with Crippen LogP contribution in [0.2, 0.25) is 0 Å². The molecule has 0 saturated carbocycles. The second kappa shape index (κ2) is 14.0. The molecule has 6 nitrogen and oxygen atoms in total. The SMILES string of the molecule is CCCCCCCCCCC(=N\O)/C(=N\O)c1cc(C)ccc1OC(=O)c1ccccc1. The molecule has 32 heavy (non-hydrogen) atoms. The maximum atomic E-state index is 12.5. The lowest BCUT2D eigenvalue weighted by Gasteiger charge is -2.13. The van der Waals surface area contributed by atoms with E-state index < -0.39 is 5.97 Å². The Hall–Kier alpha value is -3.15. The number of benzene rings is 2. The number of unbranched alkanes of at least 4 members (excludes halogenated alkanes) is 7. The normalized spacial score (nSPS) is 12.1. The number of carbonyl (C=O) groups is 1. The summed E-state index contributed by atoms with van der Waals surface area (Å²) in [5.41, 5.74) is 2.08. The molecule has 2 aromatic rings. The van der Waals surface area contributed by atoms with E-state index in [0.717, 1.165) is 24.8 Å². The van der Waals surface area contributed by atoms with Crippen LogP contribution in [0.5, 0.6) is 5.75 Å². The first-order valence-electron chi connectivity index (χ1n) is 11.4. The zero-order valence-electron chi connectivity index (χ0n) is 19.1. The van der Waals surface area contributed by atoms with E-state index in [4.69, 9.17) is 4.74 Å². The van der Waals surface area contributed by atoms with Crippen molar-refractivity contribution in [2.45, 2.75) is 71.6 Å². The Morgan fingerprint density at radius 3 is 2.16 bits per heavy atom. The highest BCUT2D eigenvalue weighted by Gasteiger charge is 2.20. The second-order valence-electron chi connectivity index (χ2n) is 7.98. The van der Waals surface area contributed by atoms with Crippen LogP contribution in [0.15, 0.2) is 58.8 Å². The zero-order chi connectivity index (χ0) is 23.2. The fourth-order valence-corrected chi connectivity index (χ4v) is 3.56. The first-order valence-corrected chi connectivity index (χ1v) is 11.4. The molecule has 0 heterocycles. The van der Waals surface area contributed by atoms with Gasteiger partial charge in [0.25, 0.3) is 0 Å². The van der Waals surface area contributed by atoms with Crippen LogP contribution in [0, 0.1) is 6.92 Å². The molecule has 172 valence electrons. The van der Waals surface area contributed by atoms with Gasteiger partial charge in [-0.3, -0.25) is 0 Å². The topological polar surface area (TPSA) is 91.5 Å². The average Bonchev–Trinajstić information content (AvgIpc) is 2.82. The summed E-state index contributed by atoms with van der Waals surface area (Å²) >= 11 is 0. The van der Waals surface area contributed by atoms with Crippen molar-refractivity contribution in [2.75, 3.05) is 0 Å². The Labute approximate surface area is 190 Å². The van der Waals surface area contributed by atoms with Crippen molar-refractivity contribution in [1.29, 1.82) is 0 Å². The van der Waals surface area contributed by atoms with Gasteiger partial charge >= 0.3 is 5.97 Å². The Balaban J connectivity index is 2.06. The number of hydrogen-bond acceptors (Lipinski definition) is 6. The molecule has 0 saturated heterocycles. The Kier molecular flexibility index (Phi) is 11.0. The standard InChI is InChI=1S/C26H34N2O4/c1-3-4-5-6-7-8-9-13-16-23(27-30)25(28-31)22-19-20(2)17-18-24(22)32-26(29)21-14-11-10-12-15-21/h10-12,14-15,17-19,30-31H,3-9,13,16H2,1-2H3/b27-23+,28-25-. The fraction of sp³-hybridized carbons (Fsp3) is 0.423. The molecule has 0 amide bonds. The third kappa shape index (κ3) is 7.84. The predicted octanol–water partition coefficient (Wildman–Crippen LogP) is 6.75. The minimum Gasteiger partial charge on any atom is -0.422 e. The number of ether oxygens (including phenoxy) is 1. The van der Waals surface area contributed by atoms with E-state index in [2.05, 4.69) is 17.2 Å². The lowest BCUT2D eigenvalue weighted by molar-refractivity contribution is 0.0734. The maximum Gasteiger partial charge on any atom is 0.343 e. The highest BCUT2D eigenvalue weighted by Crippen LogP contribution is 2.24. The van der Waals surface area contributed by atoms with Crippen molar-refractivity contribution in [3.63, 3.8) is 0 Å². The van der Waals surface area contributed by atoms with Crippen LogP contribution in [-0.4, -0.2) is 27.8 Å². The number of rotatable bonds is 13. The van der Waals surface area contributed by atoms with Gasteiger partial charge in [0.15, 0.2) is 0 Å². The zero-order valence-corrected chi connectivity index (χ0v) is 19.1. The average molecular weight is 439 g/mol. The molecule has 0 atom stereocenters. The molecule has 0 aliphatic rings. The molecular formula is C26H34N2O4. The van der Waals surface area contributed by atoms with Crippen molar-refractivity contribution in [3.8, 4) is 5.75 Å². The Morgan fingerprint density at radius 1 is 0.875 bits per heavy atom. The van der Waals surface area contributed by atoms with Gasteiger partial charge in [-0.05, 0) is 44.0 Å². The van der Waals surface area contributed by atoms with Gasteiger partial charge in [-0.1, -0.05) is 92.0 Å². The number of nitrogens with zero attached hydrogens (tertiary/aromatic N) is 2. The monoisotopic (exact) mass is 438 g/mol. The first kappa shape index (κ1) is 25.1. The van der Waals surface area contributed by atoms with Crippen LogP contribution < -0.4 is 4.74 Å². The van der Waals surface area contributed by atoms with Gasteiger partial charge < -0.3 is 15.2 Å². The third-order valence-electron chi connectivity index (χ3n) is 5.36. The molecule has 0 fully saturated rings. The Bertz CT molecular complexity index is 907. The van der Waals surface area contributed by atoms with Crippen LogP contribution in [0.1, 0.15) is 86.2 Å². The highest BCUT2D eigenvalue weighted by atomic mass is 16.5. The van der Waals surface area contributed by atoms with E-state index in [1.54, 1.807) is 42.5 Å². The lowest BCUT2D eigenvalue weighted by Crippen LogP contribution is -2.19. The van der Waals surface area contributed by atoms with Crippen molar-refractivity contribution >= 4 is 17.4 Å². The molecule has 0 unspecified atom stereocenters. The molecule has 0 bridgehead atoms. The first-order chi connectivity index (χ1) is 15.6. The molecule has 0 aliphatic heterocycles. The summed E-state index contributed by atoms with van der Waals surface area (Å²) in [5, 5.41) is 26.1. The molecule has 0 aliphatic carbocycles. The smallest absolute Gasteiger partial charge is 0.343 e. The van der Waals surface area contributed by atoms with Crippen molar-refractivity contribution in [2.24, 2.45) is 10.3 Å². The number of aryl methyl sites for hydroxylation is 1. The minimum atomic E-state index is -0.515. The molecule has 0 spiro atoms. The molecule has 2 N–H and O–H groups in total. The quantitative estimate of drug-likeness (QED) is 0.0903. The number of oxime groups is 2. The number of hydrogen-bond donors (Lipinski definition) is 2. The summed E-state index contributed by atoms with van der Waals surface area (Å²) in [6, 6.07) is 13.9. The predicted molar refractivity (Wildman–Crippen MR) is 127 cm³/mol. The minimum absolute atomic E-state index is 0.106. The fourth-order valence-electron chi connectivity index (χ4n) is 3.56. The molecular weight excluding hydrogens is 404 g/mol. The molecule has 0 radical (unpaired) electrons. The largest absolute Gasteiger partial charge is 0.422 e.